The number of benzene rings is 3. The molecule has 38 heavy (non-hydrogen) atoms. The van der Waals surface area contributed by atoms with Crippen molar-refractivity contribution < 1.29 is 22.9 Å². The third-order valence-electron chi connectivity index (χ3n) is 5.91. The highest BCUT2D eigenvalue weighted by Gasteiger charge is 2.27. The molecular formula is C26H27N5O6S. The number of aryl methyl sites for hydroxylation is 1. The van der Waals surface area contributed by atoms with E-state index in [1.54, 1.807) is 48.5 Å². The number of nitro benzene ring substituents is 1. The average Bonchev–Trinajstić information content (AvgIpc) is 2.92. The van der Waals surface area contributed by atoms with Crippen molar-refractivity contribution >= 4 is 39.2 Å². The first kappa shape index (κ1) is 26.8. The summed E-state index contributed by atoms with van der Waals surface area (Å²) in [6.07, 6.45) is 1.32. The summed E-state index contributed by atoms with van der Waals surface area (Å²) >= 11 is 0. The minimum absolute atomic E-state index is 0.0509. The quantitative estimate of drug-likeness (QED) is 0.252. The molecule has 11 nitrogen and oxygen atoms in total. The van der Waals surface area contributed by atoms with E-state index in [-0.39, 0.29) is 10.6 Å². The largest absolute Gasteiger partial charge is 0.378 e. The molecule has 0 atom stereocenters. The molecule has 1 N–H and O–H groups in total. The lowest BCUT2D eigenvalue weighted by atomic mass is 10.1. The third-order valence-corrected chi connectivity index (χ3v) is 7.70. The van der Waals surface area contributed by atoms with Crippen LogP contribution in [0.4, 0.5) is 17.1 Å². The second-order valence-electron chi connectivity index (χ2n) is 8.55. The molecule has 1 amide bonds. The molecule has 0 aliphatic carbocycles. The van der Waals surface area contributed by atoms with Crippen LogP contribution in [0.3, 0.4) is 0 Å². The Bertz CT molecular complexity index is 1420. The van der Waals surface area contributed by atoms with Gasteiger partial charge in [0, 0.05) is 36.5 Å². The van der Waals surface area contributed by atoms with Crippen molar-refractivity contribution in [3.05, 3.63) is 94.0 Å². The topological polar surface area (TPSA) is 134 Å². The Morgan fingerprint density at radius 1 is 1.11 bits per heavy atom. The molecule has 4 rings (SSSR count). The average molecular weight is 538 g/mol. The Hall–Kier alpha value is -4.29. The van der Waals surface area contributed by atoms with E-state index in [1.165, 1.54) is 30.5 Å². The van der Waals surface area contributed by atoms with Crippen molar-refractivity contribution in [2.45, 2.75) is 11.8 Å². The van der Waals surface area contributed by atoms with E-state index in [1.807, 2.05) is 11.8 Å². The number of nitrogens with one attached hydrogen (secondary N) is 1. The third kappa shape index (κ3) is 6.33. The van der Waals surface area contributed by atoms with E-state index in [9.17, 15) is 23.3 Å². The minimum Gasteiger partial charge on any atom is -0.378 e. The summed E-state index contributed by atoms with van der Waals surface area (Å²) in [5.41, 5.74) is 4.61. The number of nitrogens with zero attached hydrogens (tertiary/aromatic N) is 4. The second kappa shape index (κ2) is 11.8. The number of carbonyl (C=O) groups excluding carboxylic acids is 1. The smallest absolute Gasteiger partial charge is 0.270 e. The maximum Gasteiger partial charge on any atom is 0.270 e. The lowest BCUT2D eigenvalue weighted by Gasteiger charge is -2.29. The lowest BCUT2D eigenvalue weighted by molar-refractivity contribution is -0.384. The van der Waals surface area contributed by atoms with Crippen LogP contribution in [0.15, 0.2) is 82.8 Å². The van der Waals surface area contributed by atoms with Crippen molar-refractivity contribution in [3.8, 4) is 0 Å². The Kier molecular flexibility index (Phi) is 8.34. The zero-order valence-electron chi connectivity index (χ0n) is 20.7. The Labute approximate surface area is 220 Å². The Balaban J connectivity index is 1.55. The van der Waals surface area contributed by atoms with Gasteiger partial charge in [0.2, 0.25) is 0 Å². The number of anilines is 2. The summed E-state index contributed by atoms with van der Waals surface area (Å²) < 4.78 is 33.2. The number of non-ortho nitro benzene ring substituents is 1. The van der Waals surface area contributed by atoms with Crippen LogP contribution in [0.25, 0.3) is 0 Å². The molecule has 1 fully saturated rings. The molecule has 0 saturated carbocycles. The number of rotatable bonds is 9. The van der Waals surface area contributed by atoms with Gasteiger partial charge in [-0.15, -0.1) is 0 Å². The number of hydrogen-bond donors (Lipinski definition) is 1. The summed E-state index contributed by atoms with van der Waals surface area (Å²) in [7, 11) is -4.05. The number of hydrazone groups is 1. The molecule has 0 spiro atoms. The fourth-order valence-corrected chi connectivity index (χ4v) is 5.36. The highest BCUT2D eigenvalue weighted by Crippen LogP contribution is 2.26. The minimum atomic E-state index is -4.05. The van der Waals surface area contributed by atoms with Crippen LogP contribution < -0.4 is 14.6 Å². The molecule has 3 aromatic rings. The molecule has 1 heterocycles. The standard InChI is InChI=1S/C26H27N5O6S/c1-20-7-10-24(11-8-20)38(35,36)30(22-5-3-2-4-6-22)19-26(32)28-27-18-21-17-23(31(33)34)9-12-25(21)29-13-15-37-16-14-29/h2-12,17-18H,13-16,19H2,1H3,(H,28,32)/b27-18-. The monoisotopic (exact) mass is 537 g/mol. The van der Waals surface area contributed by atoms with Crippen molar-refractivity contribution in [2.24, 2.45) is 5.10 Å². The van der Waals surface area contributed by atoms with Crippen molar-refractivity contribution in [2.75, 3.05) is 42.1 Å². The van der Waals surface area contributed by atoms with E-state index >= 15 is 0 Å². The lowest BCUT2D eigenvalue weighted by Crippen LogP contribution is -2.39. The van der Waals surface area contributed by atoms with Crippen LogP contribution in [0, 0.1) is 17.0 Å². The summed E-state index contributed by atoms with van der Waals surface area (Å²) in [5, 5.41) is 15.3. The molecule has 3 aromatic carbocycles. The van der Waals surface area contributed by atoms with Crippen LogP contribution in [-0.4, -0.2) is 58.3 Å². The van der Waals surface area contributed by atoms with Gasteiger partial charge in [-0.25, -0.2) is 13.8 Å². The molecule has 1 aliphatic rings. The first-order valence-electron chi connectivity index (χ1n) is 11.8. The number of hydrogen-bond acceptors (Lipinski definition) is 8. The van der Waals surface area contributed by atoms with Crippen molar-refractivity contribution in [1.29, 1.82) is 0 Å². The Morgan fingerprint density at radius 2 is 1.79 bits per heavy atom. The van der Waals surface area contributed by atoms with Gasteiger partial charge in [-0.3, -0.25) is 19.2 Å². The van der Waals surface area contributed by atoms with E-state index in [0.717, 1.165) is 9.87 Å². The van der Waals surface area contributed by atoms with Crippen LogP contribution in [0.5, 0.6) is 0 Å². The van der Waals surface area contributed by atoms with Crippen LogP contribution in [-0.2, 0) is 19.6 Å². The van der Waals surface area contributed by atoms with Gasteiger partial charge in [0.25, 0.3) is 21.6 Å². The van der Waals surface area contributed by atoms with Gasteiger partial charge in [-0.05, 0) is 37.3 Å². The normalized spacial score (nSPS) is 13.9. The van der Waals surface area contributed by atoms with Crippen LogP contribution in [0.2, 0.25) is 0 Å². The highest BCUT2D eigenvalue weighted by molar-refractivity contribution is 7.92. The number of amides is 1. The zero-order chi connectivity index (χ0) is 27.1. The van der Waals surface area contributed by atoms with E-state index in [0.29, 0.717) is 43.2 Å². The zero-order valence-corrected chi connectivity index (χ0v) is 21.5. The fraction of sp³-hybridized carbons (Fsp3) is 0.231. The molecule has 1 aliphatic heterocycles. The van der Waals surface area contributed by atoms with Crippen LogP contribution >= 0.6 is 0 Å². The molecule has 198 valence electrons. The maximum atomic E-state index is 13.4. The number of ether oxygens (including phenoxy) is 1. The first-order valence-corrected chi connectivity index (χ1v) is 13.3. The van der Waals surface area contributed by atoms with Gasteiger partial charge < -0.3 is 9.64 Å². The van der Waals surface area contributed by atoms with Gasteiger partial charge in [0.05, 0.1) is 34.9 Å². The maximum absolute atomic E-state index is 13.4. The van der Waals surface area contributed by atoms with E-state index in [4.69, 9.17) is 4.74 Å². The number of morpholine rings is 1. The molecule has 1 saturated heterocycles. The fourth-order valence-electron chi connectivity index (χ4n) is 3.94. The predicted octanol–water partition coefficient (Wildman–Crippen LogP) is 3.09. The van der Waals surface area contributed by atoms with E-state index in [2.05, 4.69) is 10.5 Å². The molecule has 0 bridgehead atoms. The van der Waals surface area contributed by atoms with Gasteiger partial charge in [-0.1, -0.05) is 35.9 Å². The molecular weight excluding hydrogens is 510 g/mol. The van der Waals surface area contributed by atoms with Gasteiger partial charge in [0.1, 0.15) is 6.54 Å². The molecule has 0 unspecified atom stereocenters. The molecule has 0 radical (unpaired) electrons. The number of para-hydroxylation sites is 1. The SMILES string of the molecule is Cc1ccc(S(=O)(=O)N(CC(=O)N/N=C\c2cc([N+](=O)[O-])ccc2N2CCOCC2)c2ccccc2)cc1. The highest BCUT2D eigenvalue weighted by atomic mass is 32.2. The van der Waals surface area contributed by atoms with Gasteiger partial charge in [-0.2, -0.15) is 5.10 Å². The van der Waals surface area contributed by atoms with Crippen LogP contribution in [0.1, 0.15) is 11.1 Å². The van der Waals surface area contributed by atoms with Gasteiger partial charge in [0.15, 0.2) is 0 Å². The predicted molar refractivity (Wildman–Crippen MR) is 144 cm³/mol. The first-order chi connectivity index (χ1) is 18.3. The summed E-state index contributed by atoms with van der Waals surface area (Å²) in [6.45, 7) is 3.58. The van der Waals surface area contributed by atoms with E-state index < -0.39 is 27.4 Å². The summed E-state index contributed by atoms with van der Waals surface area (Å²) in [4.78, 5) is 25.7. The summed E-state index contributed by atoms with van der Waals surface area (Å²) in [5.74, 6) is -0.681. The molecule has 12 heteroatoms. The number of carbonyl (C=O) groups is 1. The summed E-state index contributed by atoms with van der Waals surface area (Å²) in [6, 6.07) is 19.1. The van der Waals surface area contributed by atoms with Crippen molar-refractivity contribution in [1.82, 2.24) is 5.43 Å². The molecule has 0 aromatic heterocycles. The second-order valence-corrected chi connectivity index (χ2v) is 10.4. The van der Waals surface area contributed by atoms with Gasteiger partial charge >= 0.3 is 0 Å². The van der Waals surface area contributed by atoms with Crippen molar-refractivity contribution in [3.63, 3.8) is 0 Å². The number of sulfonamides is 1. The number of nitro groups is 1. The Morgan fingerprint density at radius 3 is 2.45 bits per heavy atom.